The van der Waals surface area contributed by atoms with Crippen molar-refractivity contribution in [3.63, 3.8) is 0 Å². The molecule has 1 heterocycles. The van der Waals surface area contributed by atoms with Crippen LogP contribution in [0.3, 0.4) is 0 Å². The summed E-state index contributed by atoms with van der Waals surface area (Å²) in [6.07, 6.45) is 3.07. The SMILES string of the molecule is CC(C)Oc1ccc(Oc2ccc(CCC(C)N(Cc3ccccc3)C(=O)OCc3ccccc3)cc2)nc1. The number of amides is 1. The first-order chi connectivity index (χ1) is 19.0. The minimum Gasteiger partial charge on any atom is -0.489 e. The molecule has 0 radical (unpaired) electrons. The van der Waals surface area contributed by atoms with Crippen molar-refractivity contribution >= 4 is 6.09 Å². The van der Waals surface area contributed by atoms with Gasteiger partial charge in [0.2, 0.25) is 5.88 Å². The Morgan fingerprint density at radius 3 is 2.03 bits per heavy atom. The number of ether oxygens (including phenoxy) is 3. The molecule has 1 atom stereocenters. The molecule has 0 spiro atoms. The molecule has 0 saturated carbocycles. The first kappa shape index (κ1) is 27.7. The predicted octanol–water partition coefficient (Wildman–Crippen LogP) is 7.82. The fourth-order valence-corrected chi connectivity index (χ4v) is 4.13. The number of pyridine rings is 1. The van der Waals surface area contributed by atoms with Gasteiger partial charge in [0.1, 0.15) is 18.1 Å². The molecule has 0 saturated heterocycles. The Bertz CT molecular complexity index is 1280. The summed E-state index contributed by atoms with van der Waals surface area (Å²) in [5.74, 6) is 1.94. The van der Waals surface area contributed by atoms with Crippen LogP contribution in [0.5, 0.6) is 17.4 Å². The van der Waals surface area contributed by atoms with Gasteiger partial charge in [-0.3, -0.25) is 0 Å². The van der Waals surface area contributed by atoms with Crippen LogP contribution in [0.25, 0.3) is 0 Å². The molecule has 4 rings (SSSR count). The number of hydrogen-bond donors (Lipinski definition) is 0. The van der Waals surface area contributed by atoms with E-state index < -0.39 is 0 Å². The van der Waals surface area contributed by atoms with Crippen molar-refractivity contribution in [1.82, 2.24) is 9.88 Å². The fraction of sp³-hybridized carbons (Fsp3) is 0.273. The standard InChI is InChI=1S/C33H36N2O4/c1-25(2)38-31-20-21-32(34-22-31)39-30-18-16-27(17-19-30)15-14-26(3)35(23-28-10-6-4-7-11-28)33(36)37-24-29-12-8-5-9-13-29/h4-13,16-22,25-26H,14-15,23-24H2,1-3H3. The normalized spacial score (nSPS) is 11.6. The van der Waals surface area contributed by atoms with E-state index >= 15 is 0 Å². The lowest BCUT2D eigenvalue weighted by Gasteiger charge is -2.29. The number of aryl methyl sites for hydroxylation is 1. The van der Waals surface area contributed by atoms with Crippen LogP contribution < -0.4 is 9.47 Å². The van der Waals surface area contributed by atoms with Crippen LogP contribution in [0.1, 0.15) is 43.9 Å². The largest absolute Gasteiger partial charge is 0.489 e. The molecule has 0 fully saturated rings. The van der Waals surface area contributed by atoms with E-state index in [1.54, 1.807) is 12.3 Å². The van der Waals surface area contributed by atoms with Gasteiger partial charge in [-0.2, -0.15) is 0 Å². The van der Waals surface area contributed by atoms with E-state index in [1.807, 2.05) is 110 Å². The summed E-state index contributed by atoms with van der Waals surface area (Å²) in [6, 6.07) is 31.4. The van der Waals surface area contributed by atoms with E-state index in [1.165, 1.54) is 5.56 Å². The Morgan fingerprint density at radius 2 is 1.41 bits per heavy atom. The van der Waals surface area contributed by atoms with Crippen LogP contribution in [0, 0.1) is 0 Å². The van der Waals surface area contributed by atoms with Crippen molar-refractivity contribution in [2.45, 2.75) is 58.9 Å². The Labute approximate surface area is 231 Å². The molecule has 0 aliphatic rings. The van der Waals surface area contributed by atoms with Crippen LogP contribution in [-0.4, -0.2) is 28.1 Å². The highest BCUT2D eigenvalue weighted by molar-refractivity contribution is 5.68. The number of nitrogens with zero attached hydrogens (tertiary/aromatic N) is 2. The molecule has 1 unspecified atom stereocenters. The third-order valence-corrected chi connectivity index (χ3v) is 6.24. The number of carbonyl (C=O) groups excluding carboxylic acids is 1. The van der Waals surface area contributed by atoms with E-state index in [9.17, 15) is 4.79 Å². The molecule has 0 N–H and O–H groups in total. The van der Waals surface area contributed by atoms with Crippen LogP contribution in [0.2, 0.25) is 0 Å². The Kier molecular flexibility index (Phi) is 9.95. The minimum absolute atomic E-state index is 0.0137. The van der Waals surface area contributed by atoms with Crippen LogP contribution in [0.15, 0.2) is 103 Å². The molecule has 0 bridgehead atoms. The average Bonchev–Trinajstić information content (AvgIpc) is 2.96. The van der Waals surface area contributed by atoms with Crippen LogP contribution >= 0.6 is 0 Å². The zero-order valence-corrected chi connectivity index (χ0v) is 22.8. The topological polar surface area (TPSA) is 60.9 Å². The van der Waals surface area contributed by atoms with Gasteiger partial charge in [0.15, 0.2) is 0 Å². The van der Waals surface area contributed by atoms with E-state index in [0.29, 0.717) is 23.9 Å². The molecular formula is C33H36N2O4. The van der Waals surface area contributed by atoms with Crippen molar-refractivity contribution in [3.05, 3.63) is 120 Å². The van der Waals surface area contributed by atoms with Gasteiger partial charge in [-0.15, -0.1) is 0 Å². The Morgan fingerprint density at radius 1 is 0.769 bits per heavy atom. The van der Waals surface area contributed by atoms with E-state index in [4.69, 9.17) is 14.2 Å². The second-order valence-corrected chi connectivity index (χ2v) is 9.79. The molecule has 39 heavy (non-hydrogen) atoms. The zero-order valence-electron chi connectivity index (χ0n) is 22.8. The van der Waals surface area contributed by atoms with Crippen molar-refractivity contribution in [2.24, 2.45) is 0 Å². The number of hydrogen-bond acceptors (Lipinski definition) is 5. The first-order valence-electron chi connectivity index (χ1n) is 13.4. The molecule has 1 aromatic heterocycles. The van der Waals surface area contributed by atoms with E-state index in [2.05, 4.69) is 11.9 Å². The van der Waals surface area contributed by atoms with Crippen molar-refractivity contribution < 1.29 is 19.0 Å². The summed E-state index contributed by atoms with van der Waals surface area (Å²) in [7, 11) is 0. The second kappa shape index (κ2) is 14.0. The van der Waals surface area contributed by atoms with Crippen molar-refractivity contribution in [2.75, 3.05) is 0 Å². The van der Waals surface area contributed by atoms with Gasteiger partial charge >= 0.3 is 6.09 Å². The highest BCUT2D eigenvalue weighted by Gasteiger charge is 2.22. The van der Waals surface area contributed by atoms with Gasteiger partial charge in [-0.25, -0.2) is 9.78 Å². The third kappa shape index (κ3) is 8.88. The smallest absolute Gasteiger partial charge is 0.410 e. The number of carbonyl (C=O) groups is 1. The maximum Gasteiger partial charge on any atom is 0.410 e. The number of aromatic nitrogens is 1. The quantitative estimate of drug-likeness (QED) is 0.189. The summed E-state index contributed by atoms with van der Waals surface area (Å²) >= 11 is 0. The summed E-state index contributed by atoms with van der Waals surface area (Å²) in [4.78, 5) is 19.3. The maximum atomic E-state index is 13.1. The lowest BCUT2D eigenvalue weighted by Crippen LogP contribution is -2.38. The Hall–Kier alpha value is -4.32. The summed E-state index contributed by atoms with van der Waals surface area (Å²) in [5, 5.41) is 0. The molecule has 6 nitrogen and oxygen atoms in total. The summed E-state index contributed by atoms with van der Waals surface area (Å²) in [5.41, 5.74) is 3.20. The Balaban J connectivity index is 1.33. The number of benzene rings is 3. The lowest BCUT2D eigenvalue weighted by atomic mass is 10.0. The summed E-state index contributed by atoms with van der Waals surface area (Å²) < 4.78 is 17.2. The van der Waals surface area contributed by atoms with Gasteiger partial charge in [0.25, 0.3) is 0 Å². The predicted molar refractivity (Wildman–Crippen MR) is 153 cm³/mol. The van der Waals surface area contributed by atoms with Crippen molar-refractivity contribution in [1.29, 1.82) is 0 Å². The lowest BCUT2D eigenvalue weighted by molar-refractivity contribution is 0.0784. The first-order valence-corrected chi connectivity index (χ1v) is 13.4. The fourth-order valence-electron chi connectivity index (χ4n) is 4.13. The van der Waals surface area contributed by atoms with Crippen molar-refractivity contribution in [3.8, 4) is 17.4 Å². The van der Waals surface area contributed by atoms with Gasteiger partial charge in [-0.05, 0) is 68.5 Å². The molecule has 4 aromatic rings. The highest BCUT2D eigenvalue weighted by Crippen LogP contribution is 2.23. The third-order valence-electron chi connectivity index (χ3n) is 6.24. The molecule has 202 valence electrons. The van der Waals surface area contributed by atoms with Crippen LogP contribution in [-0.2, 0) is 24.3 Å². The van der Waals surface area contributed by atoms with E-state index in [-0.39, 0.29) is 24.8 Å². The number of rotatable bonds is 12. The molecule has 1 amide bonds. The van der Waals surface area contributed by atoms with Gasteiger partial charge in [0, 0.05) is 18.7 Å². The van der Waals surface area contributed by atoms with Gasteiger partial charge in [0.05, 0.1) is 12.3 Å². The molecule has 6 heteroatoms. The molecular weight excluding hydrogens is 488 g/mol. The monoisotopic (exact) mass is 524 g/mol. The van der Waals surface area contributed by atoms with Gasteiger partial charge < -0.3 is 19.1 Å². The highest BCUT2D eigenvalue weighted by atomic mass is 16.6. The maximum absolute atomic E-state index is 13.1. The second-order valence-electron chi connectivity index (χ2n) is 9.79. The average molecular weight is 525 g/mol. The zero-order chi connectivity index (χ0) is 27.5. The molecule has 0 aliphatic carbocycles. The molecule has 3 aromatic carbocycles. The van der Waals surface area contributed by atoms with E-state index in [0.717, 1.165) is 24.0 Å². The van der Waals surface area contributed by atoms with Crippen LogP contribution in [0.4, 0.5) is 4.79 Å². The van der Waals surface area contributed by atoms with Gasteiger partial charge in [-0.1, -0.05) is 72.8 Å². The summed E-state index contributed by atoms with van der Waals surface area (Å²) in [6.45, 7) is 6.77. The minimum atomic E-state index is -0.309. The molecule has 0 aliphatic heterocycles.